The highest BCUT2D eigenvalue weighted by atomic mass is 32.2. The third kappa shape index (κ3) is 6.82. The first-order valence-electron chi connectivity index (χ1n) is 27.6. The van der Waals surface area contributed by atoms with E-state index in [0.717, 1.165) is 11.8 Å². The molecule has 0 unspecified atom stereocenters. The summed E-state index contributed by atoms with van der Waals surface area (Å²) in [4.78, 5) is 2.96. The van der Waals surface area contributed by atoms with Crippen LogP contribution in [0.2, 0.25) is 0 Å². The van der Waals surface area contributed by atoms with Crippen molar-refractivity contribution in [2.24, 2.45) is 23.7 Å². The highest BCUT2D eigenvalue weighted by Gasteiger charge is 2.61. The molecule has 4 bridgehead atoms. The Bertz CT molecular complexity index is 3580. The maximum absolute atomic E-state index is 2.70. The van der Waals surface area contributed by atoms with Gasteiger partial charge in [0.2, 0.25) is 0 Å². The van der Waals surface area contributed by atoms with Gasteiger partial charge in [0.25, 0.3) is 0 Å². The van der Waals surface area contributed by atoms with Gasteiger partial charge in [-0.3, -0.25) is 0 Å². The van der Waals surface area contributed by atoms with Gasteiger partial charge in [0.15, 0.2) is 0 Å². The Balaban J connectivity index is 0.955. The lowest BCUT2D eigenvalue weighted by Gasteiger charge is -2.63. The Labute approximate surface area is 437 Å². The van der Waals surface area contributed by atoms with Crippen molar-refractivity contribution in [2.45, 2.75) is 152 Å². The standard InChI is InChI=1S/C70H72N2S/c1-66(2,3)46-15-21-60-54(36-46)55-37-47(67(4,5)6)16-22-61(55)71(60)52-19-13-42-34-64-58(32-44(42)30-52)70(50-26-40-25-41(28-50)29-51(70)27-40)59-33-45-31-53(20-14-43(45)35-65(59)73-64)72-62-23-17-48(68(7,8)9)38-56(62)57-39-49(69(10,11)12)18-24-63(57)72/h13-24,30-41,50-51H,25-29H2,1-12H3. The molecule has 1 aliphatic heterocycles. The van der Waals surface area contributed by atoms with Gasteiger partial charge in [0.05, 0.1) is 22.1 Å². The van der Waals surface area contributed by atoms with Crippen LogP contribution in [-0.2, 0) is 27.1 Å². The summed E-state index contributed by atoms with van der Waals surface area (Å²) in [5.41, 5.74) is 16.6. The van der Waals surface area contributed by atoms with Crippen molar-refractivity contribution < 1.29 is 0 Å². The zero-order valence-corrected chi connectivity index (χ0v) is 46.2. The van der Waals surface area contributed by atoms with Gasteiger partial charge in [0.1, 0.15) is 0 Å². The number of aromatic nitrogens is 2. The smallest absolute Gasteiger partial charge is 0.0541 e. The van der Waals surface area contributed by atoms with Crippen molar-refractivity contribution in [2.75, 3.05) is 0 Å². The predicted molar refractivity (Wildman–Crippen MR) is 313 cm³/mol. The van der Waals surface area contributed by atoms with E-state index in [9.17, 15) is 0 Å². The first kappa shape index (κ1) is 45.8. The van der Waals surface area contributed by atoms with Crippen LogP contribution in [-0.4, -0.2) is 9.13 Å². The lowest BCUT2D eigenvalue weighted by Crippen LogP contribution is -2.57. The second kappa shape index (κ2) is 15.2. The van der Waals surface area contributed by atoms with E-state index in [1.54, 1.807) is 11.1 Å². The van der Waals surface area contributed by atoms with Crippen LogP contribution in [0.5, 0.6) is 0 Å². The number of nitrogens with zero attached hydrogens (tertiary/aromatic N) is 2. The quantitative estimate of drug-likeness (QED) is 0.168. The van der Waals surface area contributed by atoms with E-state index in [-0.39, 0.29) is 27.1 Å². The number of benzene rings is 8. The zero-order valence-electron chi connectivity index (χ0n) is 45.3. The molecule has 0 radical (unpaired) electrons. The fourth-order valence-electron chi connectivity index (χ4n) is 15.2. The molecule has 3 heterocycles. The van der Waals surface area contributed by atoms with Crippen molar-refractivity contribution >= 4 is 76.9 Å². The molecular formula is C70H72N2S. The molecule has 3 heteroatoms. The maximum Gasteiger partial charge on any atom is 0.0541 e. The molecule has 5 aliphatic rings. The summed E-state index contributed by atoms with van der Waals surface area (Å²) >= 11 is 2.04. The summed E-state index contributed by atoms with van der Waals surface area (Å²) < 4.78 is 5.11. The fourth-order valence-corrected chi connectivity index (χ4v) is 16.4. The van der Waals surface area contributed by atoms with Gasteiger partial charge in [-0.1, -0.05) is 131 Å². The molecule has 73 heavy (non-hydrogen) atoms. The van der Waals surface area contributed by atoms with Crippen molar-refractivity contribution in [1.82, 2.24) is 9.13 Å². The molecule has 8 aromatic carbocycles. The van der Waals surface area contributed by atoms with E-state index in [0.29, 0.717) is 11.8 Å². The summed E-state index contributed by atoms with van der Waals surface area (Å²) in [5, 5.41) is 10.8. The average molecular weight is 973 g/mol. The molecule has 0 N–H and O–H groups in total. The molecule has 0 saturated heterocycles. The maximum atomic E-state index is 2.70. The molecule has 368 valence electrons. The van der Waals surface area contributed by atoms with E-state index in [1.165, 1.54) is 141 Å². The second-order valence-corrected chi connectivity index (χ2v) is 28.7. The summed E-state index contributed by atoms with van der Waals surface area (Å²) in [6, 6.07) is 54.2. The van der Waals surface area contributed by atoms with Gasteiger partial charge in [-0.05, 0) is 229 Å². The van der Waals surface area contributed by atoms with E-state index in [4.69, 9.17) is 0 Å². The Morgan fingerprint density at radius 2 is 0.685 bits per heavy atom. The highest BCUT2D eigenvalue weighted by molar-refractivity contribution is 7.99. The van der Waals surface area contributed by atoms with Crippen molar-refractivity contribution in [3.8, 4) is 11.4 Å². The van der Waals surface area contributed by atoms with Crippen LogP contribution >= 0.6 is 11.8 Å². The average Bonchev–Trinajstić information content (AvgIpc) is 3.84. The number of hydrogen-bond acceptors (Lipinski definition) is 1. The van der Waals surface area contributed by atoms with Crippen LogP contribution in [0.15, 0.2) is 143 Å². The second-order valence-electron chi connectivity index (χ2n) is 27.6. The molecule has 4 fully saturated rings. The van der Waals surface area contributed by atoms with Crippen molar-refractivity contribution in [3.63, 3.8) is 0 Å². The topological polar surface area (TPSA) is 9.86 Å². The summed E-state index contributed by atoms with van der Waals surface area (Å²) in [6.07, 6.45) is 6.87. The van der Waals surface area contributed by atoms with E-state index >= 15 is 0 Å². The lowest BCUT2D eigenvalue weighted by molar-refractivity contribution is -0.0442. The van der Waals surface area contributed by atoms with Crippen LogP contribution in [0.3, 0.4) is 0 Å². The van der Waals surface area contributed by atoms with Gasteiger partial charge in [-0.2, -0.15) is 0 Å². The van der Waals surface area contributed by atoms with Crippen LogP contribution in [0, 0.1) is 23.7 Å². The largest absolute Gasteiger partial charge is 0.309 e. The lowest BCUT2D eigenvalue weighted by atomic mass is 9.42. The minimum absolute atomic E-state index is 0.00313. The van der Waals surface area contributed by atoms with Gasteiger partial charge in [-0.25, -0.2) is 0 Å². The molecule has 10 aromatic rings. The van der Waals surface area contributed by atoms with Gasteiger partial charge < -0.3 is 9.13 Å². The molecule has 1 spiro atoms. The Morgan fingerprint density at radius 3 is 1.00 bits per heavy atom. The van der Waals surface area contributed by atoms with Gasteiger partial charge in [-0.15, -0.1) is 0 Å². The molecule has 0 atom stereocenters. The van der Waals surface area contributed by atoms with Gasteiger partial charge in [0, 0.05) is 48.1 Å². The van der Waals surface area contributed by atoms with E-state index < -0.39 is 0 Å². The summed E-state index contributed by atoms with van der Waals surface area (Å²) in [5.74, 6) is 3.05. The molecule has 15 rings (SSSR count). The summed E-state index contributed by atoms with van der Waals surface area (Å²) in [6.45, 7) is 28.0. The third-order valence-electron chi connectivity index (χ3n) is 18.9. The Morgan fingerprint density at radius 1 is 0.356 bits per heavy atom. The first-order valence-corrected chi connectivity index (χ1v) is 28.5. The molecule has 2 nitrogen and oxygen atoms in total. The third-order valence-corrected chi connectivity index (χ3v) is 20.0. The Kier molecular flexibility index (Phi) is 9.53. The molecule has 0 amide bonds. The number of rotatable bonds is 2. The van der Waals surface area contributed by atoms with Crippen LogP contribution in [0.4, 0.5) is 0 Å². The molecular weight excluding hydrogens is 901 g/mol. The highest BCUT2D eigenvalue weighted by Crippen LogP contribution is 2.69. The van der Waals surface area contributed by atoms with Gasteiger partial charge >= 0.3 is 0 Å². The Hall–Kier alpha value is -5.77. The number of hydrogen-bond donors (Lipinski definition) is 0. The monoisotopic (exact) mass is 973 g/mol. The molecule has 2 aromatic heterocycles. The van der Waals surface area contributed by atoms with E-state index in [2.05, 4.69) is 226 Å². The van der Waals surface area contributed by atoms with Crippen molar-refractivity contribution in [1.29, 1.82) is 0 Å². The van der Waals surface area contributed by atoms with Crippen LogP contribution < -0.4 is 0 Å². The fraction of sp³-hybridized carbons (Fsp3) is 0.371. The predicted octanol–water partition coefficient (Wildman–Crippen LogP) is 19.6. The normalized spacial score (nSPS) is 20.7. The SMILES string of the molecule is CC(C)(C)c1ccc2c(c1)c1cc(C(C)(C)C)ccc1n2-c1ccc2cc3c(cc2c1)C1(c2cc4cc(-n5c6ccc(C(C)(C)C)cc6c6cc(C(C)(C)C)ccc65)ccc4cc2S3)C2CC3CC(C2)CC1C3. The number of fused-ring (bicyclic) bond motifs is 10. The summed E-state index contributed by atoms with van der Waals surface area (Å²) in [7, 11) is 0. The van der Waals surface area contributed by atoms with Crippen molar-refractivity contribution in [3.05, 3.63) is 167 Å². The van der Waals surface area contributed by atoms with Crippen LogP contribution in [0.25, 0.3) is 76.5 Å². The minimum atomic E-state index is -0.00313. The van der Waals surface area contributed by atoms with E-state index in [1.807, 2.05) is 11.8 Å². The minimum Gasteiger partial charge on any atom is -0.309 e. The first-order chi connectivity index (χ1) is 34.6. The van der Waals surface area contributed by atoms with Crippen LogP contribution in [0.1, 0.15) is 149 Å². The zero-order chi connectivity index (χ0) is 50.5. The molecule has 4 saturated carbocycles. The molecule has 4 aliphatic carbocycles.